The van der Waals surface area contributed by atoms with Gasteiger partial charge in [-0.3, -0.25) is 0 Å². The molecule has 2 rings (SSSR count). The van der Waals surface area contributed by atoms with Gasteiger partial charge in [-0.15, -0.1) is 0 Å². The van der Waals surface area contributed by atoms with E-state index in [2.05, 4.69) is 23.4 Å². The van der Waals surface area contributed by atoms with Crippen LogP contribution < -0.4 is 10.1 Å². The molecular weight excluding hydrogens is 250 g/mol. The van der Waals surface area contributed by atoms with E-state index in [0.29, 0.717) is 0 Å². The van der Waals surface area contributed by atoms with Crippen LogP contribution in [-0.4, -0.2) is 23.4 Å². The molecule has 0 aliphatic heterocycles. The second-order valence-electron chi connectivity index (χ2n) is 4.83. The SMILES string of the molecule is CCCCCNCc1cc(-n2cccn2)ccc1OC. The largest absolute Gasteiger partial charge is 0.496 e. The van der Waals surface area contributed by atoms with E-state index in [1.165, 1.54) is 19.3 Å². The van der Waals surface area contributed by atoms with Crippen molar-refractivity contribution in [2.75, 3.05) is 13.7 Å². The molecule has 20 heavy (non-hydrogen) atoms. The molecule has 0 aliphatic carbocycles. The first-order valence-corrected chi connectivity index (χ1v) is 7.22. The van der Waals surface area contributed by atoms with Gasteiger partial charge in [-0.2, -0.15) is 5.10 Å². The molecular formula is C16H23N3O. The number of nitrogens with one attached hydrogen (secondary N) is 1. The van der Waals surface area contributed by atoms with E-state index < -0.39 is 0 Å². The third kappa shape index (κ3) is 3.84. The first kappa shape index (κ1) is 14.6. The molecule has 0 unspecified atom stereocenters. The van der Waals surface area contributed by atoms with Crippen molar-refractivity contribution < 1.29 is 4.74 Å². The van der Waals surface area contributed by atoms with Crippen LogP contribution in [0.2, 0.25) is 0 Å². The second-order valence-corrected chi connectivity index (χ2v) is 4.83. The van der Waals surface area contributed by atoms with E-state index in [0.717, 1.165) is 30.1 Å². The lowest BCUT2D eigenvalue weighted by atomic mass is 10.1. The average Bonchev–Trinajstić information content (AvgIpc) is 3.01. The molecule has 0 spiro atoms. The van der Waals surface area contributed by atoms with Gasteiger partial charge in [0, 0.05) is 24.5 Å². The molecule has 0 saturated carbocycles. The van der Waals surface area contributed by atoms with Gasteiger partial charge in [-0.05, 0) is 37.2 Å². The Balaban J connectivity index is 2.03. The Bertz CT molecular complexity index is 508. The van der Waals surface area contributed by atoms with E-state index >= 15 is 0 Å². The van der Waals surface area contributed by atoms with Gasteiger partial charge in [0.2, 0.25) is 0 Å². The third-order valence-corrected chi connectivity index (χ3v) is 3.31. The number of ether oxygens (including phenoxy) is 1. The van der Waals surface area contributed by atoms with Gasteiger partial charge < -0.3 is 10.1 Å². The highest BCUT2D eigenvalue weighted by Crippen LogP contribution is 2.21. The van der Waals surface area contributed by atoms with Crippen molar-refractivity contribution >= 4 is 0 Å². The summed E-state index contributed by atoms with van der Waals surface area (Å²) < 4.78 is 7.29. The quantitative estimate of drug-likeness (QED) is 0.751. The van der Waals surface area contributed by atoms with Gasteiger partial charge >= 0.3 is 0 Å². The minimum atomic E-state index is 0.821. The van der Waals surface area contributed by atoms with Crippen molar-refractivity contribution in [1.82, 2.24) is 15.1 Å². The molecule has 0 bridgehead atoms. The average molecular weight is 273 g/mol. The lowest BCUT2D eigenvalue weighted by Crippen LogP contribution is -2.15. The number of benzene rings is 1. The van der Waals surface area contributed by atoms with Gasteiger partial charge in [0.15, 0.2) is 0 Å². The maximum Gasteiger partial charge on any atom is 0.123 e. The fraction of sp³-hybridized carbons (Fsp3) is 0.438. The number of aromatic nitrogens is 2. The standard InChI is InChI=1S/C16H23N3O/c1-3-4-5-9-17-13-14-12-15(7-8-16(14)20-2)19-11-6-10-18-19/h6-8,10-12,17H,3-5,9,13H2,1-2H3. The smallest absolute Gasteiger partial charge is 0.123 e. The molecule has 2 aromatic rings. The second kappa shape index (κ2) is 7.70. The molecule has 0 radical (unpaired) electrons. The van der Waals surface area contributed by atoms with Crippen molar-refractivity contribution in [3.05, 3.63) is 42.2 Å². The maximum absolute atomic E-state index is 5.43. The van der Waals surface area contributed by atoms with Crippen molar-refractivity contribution in [2.45, 2.75) is 32.7 Å². The Morgan fingerprint density at radius 1 is 1.30 bits per heavy atom. The summed E-state index contributed by atoms with van der Waals surface area (Å²) in [7, 11) is 1.71. The van der Waals surface area contributed by atoms with Crippen LogP contribution in [0, 0.1) is 0 Å². The van der Waals surface area contributed by atoms with Crippen LogP contribution in [0.5, 0.6) is 5.75 Å². The van der Waals surface area contributed by atoms with E-state index in [1.807, 2.05) is 29.1 Å². The summed E-state index contributed by atoms with van der Waals surface area (Å²) in [4.78, 5) is 0. The molecule has 0 atom stereocenters. The van der Waals surface area contributed by atoms with Gasteiger partial charge in [0.25, 0.3) is 0 Å². The predicted octanol–water partition coefficient (Wildman–Crippen LogP) is 3.16. The highest BCUT2D eigenvalue weighted by Gasteiger charge is 2.05. The Morgan fingerprint density at radius 3 is 2.90 bits per heavy atom. The summed E-state index contributed by atoms with van der Waals surface area (Å²) >= 11 is 0. The Kier molecular flexibility index (Phi) is 5.62. The Morgan fingerprint density at radius 2 is 2.20 bits per heavy atom. The highest BCUT2D eigenvalue weighted by molar-refractivity contribution is 5.43. The number of unbranched alkanes of at least 4 members (excludes halogenated alkanes) is 2. The summed E-state index contributed by atoms with van der Waals surface area (Å²) in [5.74, 6) is 0.920. The van der Waals surface area contributed by atoms with Crippen LogP contribution in [0.25, 0.3) is 5.69 Å². The molecule has 0 fully saturated rings. The molecule has 1 N–H and O–H groups in total. The number of nitrogens with zero attached hydrogens (tertiary/aromatic N) is 2. The molecule has 0 aliphatic rings. The molecule has 4 nitrogen and oxygen atoms in total. The van der Waals surface area contributed by atoms with E-state index in [4.69, 9.17) is 4.74 Å². The molecule has 1 aromatic heterocycles. The summed E-state index contributed by atoms with van der Waals surface area (Å²) in [6.07, 6.45) is 7.47. The summed E-state index contributed by atoms with van der Waals surface area (Å²) in [5.41, 5.74) is 2.22. The zero-order valence-corrected chi connectivity index (χ0v) is 12.3. The molecule has 1 aromatic carbocycles. The number of hydrogen-bond donors (Lipinski definition) is 1. The monoisotopic (exact) mass is 273 g/mol. The van der Waals surface area contributed by atoms with Crippen molar-refractivity contribution in [3.63, 3.8) is 0 Å². The van der Waals surface area contributed by atoms with Crippen molar-refractivity contribution in [3.8, 4) is 11.4 Å². The summed E-state index contributed by atoms with van der Waals surface area (Å²) in [5, 5.41) is 7.73. The summed E-state index contributed by atoms with van der Waals surface area (Å²) in [6.45, 7) is 4.08. The molecule has 0 saturated heterocycles. The third-order valence-electron chi connectivity index (χ3n) is 3.31. The van der Waals surface area contributed by atoms with Crippen LogP contribution >= 0.6 is 0 Å². The zero-order chi connectivity index (χ0) is 14.2. The predicted molar refractivity (Wildman–Crippen MR) is 81.3 cm³/mol. The van der Waals surface area contributed by atoms with Gasteiger partial charge in [-0.25, -0.2) is 4.68 Å². The topological polar surface area (TPSA) is 39.1 Å². The van der Waals surface area contributed by atoms with Crippen LogP contribution in [0.4, 0.5) is 0 Å². The normalized spacial score (nSPS) is 10.7. The van der Waals surface area contributed by atoms with E-state index in [1.54, 1.807) is 13.3 Å². The Hall–Kier alpha value is -1.81. The van der Waals surface area contributed by atoms with Crippen molar-refractivity contribution in [2.24, 2.45) is 0 Å². The van der Waals surface area contributed by atoms with Gasteiger partial charge in [0.1, 0.15) is 5.75 Å². The van der Waals surface area contributed by atoms with Gasteiger partial charge in [-0.1, -0.05) is 19.8 Å². The summed E-state index contributed by atoms with van der Waals surface area (Å²) in [6, 6.07) is 8.07. The zero-order valence-electron chi connectivity index (χ0n) is 12.3. The van der Waals surface area contributed by atoms with Crippen LogP contribution in [0.1, 0.15) is 31.7 Å². The van der Waals surface area contributed by atoms with Gasteiger partial charge in [0.05, 0.1) is 12.8 Å². The highest BCUT2D eigenvalue weighted by atomic mass is 16.5. The Labute approximate surface area is 120 Å². The fourth-order valence-corrected chi connectivity index (χ4v) is 2.19. The molecule has 108 valence electrons. The minimum Gasteiger partial charge on any atom is -0.496 e. The van der Waals surface area contributed by atoms with Crippen LogP contribution in [-0.2, 0) is 6.54 Å². The van der Waals surface area contributed by atoms with E-state index in [-0.39, 0.29) is 0 Å². The van der Waals surface area contributed by atoms with Crippen molar-refractivity contribution in [1.29, 1.82) is 0 Å². The number of rotatable bonds is 8. The lowest BCUT2D eigenvalue weighted by Gasteiger charge is -2.12. The van der Waals surface area contributed by atoms with Crippen LogP contribution in [0.15, 0.2) is 36.7 Å². The first-order chi connectivity index (χ1) is 9.85. The number of hydrogen-bond acceptors (Lipinski definition) is 3. The molecule has 0 amide bonds. The number of methoxy groups -OCH3 is 1. The van der Waals surface area contributed by atoms with Crippen LogP contribution in [0.3, 0.4) is 0 Å². The maximum atomic E-state index is 5.43. The minimum absolute atomic E-state index is 0.821. The molecule has 4 heteroatoms. The molecule has 1 heterocycles. The fourth-order valence-electron chi connectivity index (χ4n) is 2.19. The first-order valence-electron chi connectivity index (χ1n) is 7.22. The van der Waals surface area contributed by atoms with E-state index in [9.17, 15) is 0 Å². The lowest BCUT2D eigenvalue weighted by molar-refractivity contribution is 0.407.